The molecule has 132 valence electrons. The number of carbonyl (C=O) groups excluding carboxylic acids is 3. The molecule has 0 spiro atoms. The predicted molar refractivity (Wildman–Crippen MR) is 82.8 cm³/mol. The second-order valence-corrected chi connectivity index (χ2v) is 5.83. The summed E-state index contributed by atoms with van der Waals surface area (Å²) < 4.78 is 20.1. The lowest BCUT2D eigenvalue weighted by Crippen LogP contribution is -2.35. The number of ether oxygens (including phenoxy) is 4. The van der Waals surface area contributed by atoms with E-state index in [1.54, 1.807) is 0 Å². The fourth-order valence-electron chi connectivity index (χ4n) is 2.47. The SMILES string of the molecule is C=CC(=O)OCCOC(=O)C1CC(C)=CCC1C(=O)OCC1CO1. The Hall–Kier alpha value is -2.15. The Morgan fingerprint density at radius 2 is 1.88 bits per heavy atom. The zero-order valence-electron chi connectivity index (χ0n) is 13.7. The topological polar surface area (TPSA) is 91.4 Å². The van der Waals surface area contributed by atoms with Crippen molar-refractivity contribution in [3.05, 3.63) is 24.3 Å². The zero-order chi connectivity index (χ0) is 17.5. The van der Waals surface area contributed by atoms with Crippen molar-refractivity contribution in [1.82, 2.24) is 0 Å². The van der Waals surface area contributed by atoms with E-state index in [1.807, 2.05) is 13.0 Å². The van der Waals surface area contributed by atoms with Crippen LogP contribution in [0.4, 0.5) is 0 Å². The molecule has 2 rings (SSSR count). The lowest BCUT2D eigenvalue weighted by molar-refractivity contribution is -0.162. The van der Waals surface area contributed by atoms with E-state index >= 15 is 0 Å². The first kappa shape index (κ1) is 18.2. The van der Waals surface area contributed by atoms with Crippen molar-refractivity contribution in [2.75, 3.05) is 26.4 Å². The van der Waals surface area contributed by atoms with Gasteiger partial charge in [-0.15, -0.1) is 0 Å². The normalized spacial score (nSPS) is 25.2. The lowest BCUT2D eigenvalue weighted by atomic mass is 9.80. The van der Waals surface area contributed by atoms with E-state index in [9.17, 15) is 14.4 Å². The molecule has 1 aliphatic carbocycles. The summed E-state index contributed by atoms with van der Waals surface area (Å²) in [7, 11) is 0. The van der Waals surface area contributed by atoms with Crippen LogP contribution in [0.3, 0.4) is 0 Å². The second kappa shape index (κ2) is 8.63. The van der Waals surface area contributed by atoms with Crippen LogP contribution in [0.25, 0.3) is 0 Å². The van der Waals surface area contributed by atoms with Gasteiger partial charge in [-0.05, 0) is 19.8 Å². The van der Waals surface area contributed by atoms with Crippen LogP contribution in [0, 0.1) is 11.8 Å². The number of rotatable bonds is 8. The summed E-state index contributed by atoms with van der Waals surface area (Å²) in [5, 5.41) is 0. The molecule has 0 aromatic heterocycles. The molecule has 24 heavy (non-hydrogen) atoms. The van der Waals surface area contributed by atoms with Crippen LogP contribution in [0.1, 0.15) is 19.8 Å². The monoisotopic (exact) mass is 338 g/mol. The number of esters is 3. The van der Waals surface area contributed by atoms with Crippen LogP contribution in [-0.4, -0.2) is 50.4 Å². The molecule has 1 aliphatic heterocycles. The number of hydrogen-bond donors (Lipinski definition) is 0. The zero-order valence-corrected chi connectivity index (χ0v) is 13.7. The van der Waals surface area contributed by atoms with Crippen LogP contribution >= 0.6 is 0 Å². The molecule has 1 fully saturated rings. The Morgan fingerprint density at radius 1 is 1.21 bits per heavy atom. The average molecular weight is 338 g/mol. The van der Waals surface area contributed by atoms with Crippen LogP contribution in [0.2, 0.25) is 0 Å². The minimum absolute atomic E-state index is 0.0141. The van der Waals surface area contributed by atoms with Gasteiger partial charge in [0, 0.05) is 6.08 Å². The first-order chi connectivity index (χ1) is 11.5. The van der Waals surface area contributed by atoms with Crippen molar-refractivity contribution in [1.29, 1.82) is 0 Å². The van der Waals surface area contributed by atoms with E-state index in [0.717, 1.165) is 11.6 Å². The van der Waals surface area contributed by atoms with Crippen LogP contribution in [-0.2, 0) is 33.3 Å². The summed E-state index contributed by atoms with van der Waals surface area (Å²) >= 11 is 0. The molecule has 0 saturated carbocycles. The number of carbonyl (C=O) groups is 3. The van der Waals surface area contributed by atoms with Crippen molar-refractivity contribution in [3.63, 3.8) is 0 Å². The molecule has 0 amide bonds. The predicted octanol–water partition coefficient (Wildman–Crippen LogP) is 1.17. The Labute approximate surface area is 140 Å². The number of epoxide rings is 1. The van der Waals surface area contributed by atoms with Crippen molar-refractivity contribution < 1.29 is 33.3 Å². The van der Waals surface area contributed by atoms with Crippen LogP contribution < -0.4 is 0 Å². The van der Waals surface area contributed by atoms with Gasteiger partial charge >= 0.3 is 17.9 Å². The molecule has 0 bridgehead atoms. The van der Waals surface area contributed by atoms with Crippen molar-refractivity contribution in [2.24, 2.45) is 11.8 Å². The maximum atomic E-state index is 12.3. The van der Waals surface area contributed by atoms with E-state index in [1.165, 1.54) is 0 Å². The maximum Gasteiger partial charge on any atom is 0.330 e. The van der Waals surface area contributed by atoms with E-state index in [0.29, 0.717) is 19.4 Å². The van der Waals surface area contributed by atoms with Gasteiger partial charge in [-0.1, -0.05) is 18.2 Å². The Balaban J connectivity index is 1.84. The highest BCUT2D eigenvalue weighted by atomic mass is 16.6. The summed E-state index contributed by atoms with van der Waals surface area (Å²) in [6.07, 6.45) is 3.86. The van der Waals surface area contributed by atoms with Crippen LogP contribution in [0.15, 0.2) is 24.3 Å². The van der Waals surface area contributed by atoms with Gasteiger partial charge in [0.25, 0.3) is 0 Å². The largest absolute Gasteiger partial charge is 0.463 e. The molecule has 7 nitrogen and oxygen atoms in total. The summed E-state index contributed by atoms with van der Waals surface area (Å²) in [6.45, 7) is 5.89. The van der Waals surface area contributed by atoms with Gasteiger partial charge in [-0.25, -0.2) is 4.79 Å². The maximum absolute atomic E-state index is 12.3. The summed E-state index contributed by atoms with van der Waals surface area (Å²) in [6, 6.07) is 0. The van der Waals surface area contributed by atoms with E-state index in [-0.39, 0.29) is 25.9 Å². The molecule has 3 atom stereocenters. The number of allylic oxidation sites excluding steroid dienone is 2. The van der Waals surface area contributed by atoms with Crippen LogP contribution in [0.5, 0.6) is 0 Å². The van der Waals surface area contributed by atoms with Crippen molar-refractivity contribution >= 4 is 17.9 Å². The molecule has 1 saturated heterocycles. The third-order valence-corrected chi connectivity index (χ3v) is 3.91. The molecule has 0 aromatic carbocycles. The first-order valence-corrected chi connectivity index (χ1v) is 7.91. The number of hydrogen-bond acceptors (Lipinski definition) is 7. The molecular formula is C17H22O7. The van der Waals surface area contributed by atoms with E-state index in [2.05, 4.69) is 6.58 Å². The molecule has 7 heteroatoms. The molecule has 0 radical (unpaired) electrons. The van der Waals surface area contributed by atoms with Gasteiger partial charge in [0.05, 0.1) is 18.4 Å². The summed E-state index contributed by atoms with van der Waals surface area (Å²) in [5.74, 6) is -2.62. The standard InChI is InChI=1S/C17H22O7/c1-3-15(18)21-6-7-22-17(20)14-8-11(2)4-5-13(14)16(19)24-10-12-9-23-12/h3-4,12-14H,1,5-10H2,2H3. The van der Waals surface area contributed by atoms with Gasteiger partial charge in [0.1, 0.15) is 25.9 Å². The molecule has 1 heterocycles. The highest BCUT2D eigenvalue weighted by molar-refractivity contribution is 5.83. The minimum atomic E-state index is -0.585. The fraction of sp³-hybridized carbons (Fsp3) is 0.588. The Kier molecular flexibility index (Phi) is 6.54. The smallest absolute Gasteiger partial charge is 0.330 e. The minimum Gasteiger partial charge on any atom is -0.463 e. The third kappa shape index (κ3) is 5.49. The third-order valence-electron chi connectivity index (χ3n) is 3.91. The van der Waals surface area contributed by atoms with E-state index < -0.39 is 29.7 Å². The highest BCUT2D eigenvalue weighted by Gasteiger charge is 2.38. The van der Waals surface area contributed by atoms with Gasteiger partial charge < -0.3 is 18.9 Å². The lowest BCUT2D eigenvalue weighted by Gasteiger charge is -2.27. The molecule has 2 aliphatic rings. The average Bonchev–Trinajstić information content (AvgIpc) is 3.40. The van der Waals surface area contributed by atoms with Gasteiger partial charge in [0.15, 0.2) is 0 Å². The van der Waals surface area contributed by atoms with Gasteiger partial charge in [0.2, 0.25) is 0 Å². The van der Waals surface area contributed by atoms with Crippen molar-refractivity contribution in [3.8, 4) is 0 Å². The first-order valence-electron chi connectivity index (χ1n) is 7.91. The Morgan fingerprint density at radius 3 is 2.54 bits per heavy atom. The Bertz CT molecular complexity index is 533. The summed E-state index contributed by atoms with van der Waals surface area (Å²) in [4.78, 5) is 35.4. The quantitative estimate of drug-likeness (QED) is 0.164. The summed E-state index contributed by atoms with van der Waals surface area (Å²) in [5.41, 5.74) is 1.03. The van der Waals surface area contributed by atoms with Crippen molar-refractivity contribution in [2.45, 2.75) is 25.9 Å². The molecular weight excluding hydrogens is 316 g/mol. The fourth-order valence-corrected chi connectivity index (χ4v) is 2.47. The molecule has 0 N–H and O–H groups in total. The second-order valence-electron chi connectivity index (χ2n) is 5.83. The van der Waals surface area contributed by atoms with Gasteiger partial charge in [-0.2, -0.15) is 0 Å². The van der Waals surface area contributed by atoms with E-state index in [4.69, 9.17) is 18.9 Å². The molecule has 3 unspecified atom stereocenters. The highest BCUT2D eigenvalue weighted by Crippen LogP contribution is 2.32. The molecule has 0 aromatic rings. The van der Waals surface area contributed by atoms with Gasteiger partial charge in [-0.3, -0.25) is 9.59 Å².